The minimum atomic E-state index is -4.41. The molecule has 1 aliphatic heterocycles. The monoisotopic (exact) mass is 464 g/mol. The van der Waals surface area contributed by atoms with Crippen LogP contribution >= 0.6 is 11.3 Å². The number of nitrogens with zero attached hydrogens (tertiary/aromatic N) is 2. The molecule has 2 heterocycles. The summed E-state index contributed by atoms with van der Waals surface area (Å²) in [5.74, 6) is -0.348. The summed E-state index contributed by atoms with van der Waals surface area (Å²) in [4.78, 5) is 19.4. The van der Waals surface area contributed by atoms with Crippen LogP contribution in [0.25, 0.3) is 10.2 Å². The molecule has 170 valence electrons. The lowest BCUT2D eigenvalue weighted by atomic mass is 10.1. The van der Waals surface area contributed by atoms with Crippen LogP contribution in [0.3, 0.4) is 0 Å². The Bertz CT molecular complexity index is 1080. The molecule has 1 aliphatic rings. The SMILES string of the molecule is O=C(NCc1cccc(C(F)(F)F)c1)c1ccc2nc(NCCN3CCOCC3)sc2c1. The zero-order valence-corrected chi connectivity index (χ0v) is 18.1. The standard InChI is InChI=1S/C22H23F3N4O2S/c23-22(24,25)17-3-1-2-15(12-17)14-27-20(30)16-4-5-18-19(13-16)32-21(28-18)26-6-7-29-8-10-31-11-9-29/h1-5,12-13H,6-11,14H2,(H,26,28)(H,27,30). The van der Waals surface area contributed by atoms with E-state index < -0.39 is 11.7 Å². The van der Waals surface area contributed by atoms with E-state index in [2.05, 4.69) is 20.5 Å². The first-order chi connectivity index (χ1) is 15.4. The molecule has 0 bridgehead atoms. The van der Waals surface area contributed by atoms with E-state index in [1.54, 1.807) is 24.3 Å². The van der Waals surface area contributed by atoms with Gasteiger partial charge in [-0.15, -0.1) is 0 Å². The van der Waals surface area contributed by atoms with Gasteiger partial charge in [-0.1, -0.05) is 23.5 Å². The first-order valence-electron chi connectivity index (χ1n) is 10.3. The van der Waals surface area contributed by atoms with Gasteiger partial charge in [0.25, 0.3) is 5.91 Å². The smallest absolute Gasteiger partial charge is 0.379 e. The van der Waals surface area contributed by atoms with Crippen LogP contribution in [0.2, 0.25) is 0 Å². The van der Waals surface area contributed by atoms with Crippen molar-refractivity contribution in [3.63, 3.8) is 0 Å². The molecule has 10 heteroatoms. The second-order valence-electron chi connectivity index (χ2n) is 7.46. The highest BCUT2D eigenvalue weighted by Crippen LogP contribution is 2.30. The predicted molar refractivity (Wildman–Crippen MR) is 118 cm³/mol. The summed E-state index contributed by atoms with van der Waals surface area (Å²) in [6.07, 6.45) is -4.41. The van der Waals surface area contributed by atoms with Crippen LogP contribution in [0, 0.1) is 0 Å². The summed E-state index contributed by atoms with van der Waals surface area (Å²) in [6, 6.07) is 10.1. The number of nitrogens with one attached hydrogen (secondary N) is 2. The molecular weight excluding hydrogens is 441 g/mol. The molecular formula is C22H23F3N4O2S. The van der Waals surface area contributed by atoms with Gasteiger partial charge in [-0.2, -0.15) is 13.2 Å². The summed E-state index contributed by atoms with van der Waals surface area (Å²) in [5, 5.41) is 6.80. The van der Waals surface area contributed by atoms with Gasteiger partial charge in [-0.05, 0) is 35.9 Å². The number of hydrogen-bond acceptors (Lipinski definition) is 6. The third-order valence-electron chi connectivity index (χ3n) is 5.17. The average molecular weight is 465 g/mol. The zero-order valence-electron chi connectivity index (χ0n) is 17.2. The van der Waals surface area contributed by atoms with Gasteiger partial charge in [0.15, 0.2) is 5.13 Å². The number of benzene rings is 2. The largest absolute Gasteiger partial charge is 0.416 e. The van der Waals surface area contributed by atoms with Crippen LogP contribution in [0.1, 0.15) is 21.5 Å². The molecule has 1 aromatic heterocycles. The molecule has 2 aromatic carbocycles. The average Bonchev–Trinajstić information content (AvgIpc) is 3.20. The van der Waals surface area contributed by atoms with Crippen molar-refractivity contribution < 1.29 is 22.7 Å². The van der Waals surface area contributed by atoms with E-state index in [-0.39, 0.29) is 12.5 Å². The number of rotatable bonds is 7. The van der Waals surface area contributed by atoms with Gasteiger partial charge < -0.3 is 15.4 Å². The van der Waals surface area contributed by atoms with Gasteiger partial charge >= 0.3 is 6.18 Å². The highest BCUT2D eigenvalue weighted by Gasteiger charge is 2.30. The minimum Gasteiger partial charge on any atom is -0.379 e. The van der Waals surface area contributed by atoms with Crippen LogP contribution in [0.15, 0.2) is 42.5 Å². The Morgan fingerprint density at radius 2 is 1.97 bits per heavy atom. The van der Waals surface area contributed by atoms with Crippen molar-refractivity contribution in [2.75, 3.05) is 44.7 Å². The molecule has 1 fully saturated rings. The number of ether oxygens (including phenoxy) is 1. The van der Waals surface area contributed by atoms with Gasteiger partial charge in [-0.25, -0.2) is 4.98 Å². The Hall–Kier alpha value is -2.69. The predicted octanol–water partition coefficient (Wildman–Crippen LogP) is 3.99. The van der Waals surface area contributed by atoms with Crippen molar-refractivity contribution in [3.8, 4) is 0 Å². The normalized spacial score (nSPS) is 15.1. The van der Waals surface area contributed by atoms with Crippen LogP contribution < -0.4 is 10.6 Å². The molecule has 0 spiro atoms. The fourth-order valence-corrected chi connectivity index (χ4v) is 4.36. The fraction of sp³-hybridized carbons (Fsp3) is 0.364. The number of thiazole rings is 1. The summed E-state index contributed by atoms with van der Waals surface area (Å²) >= 11 is 1.46. The van der Waals surface area contributed by atoms with E-state index in [0.717, 1.165) is 66.9 Å². The van der Waals surface area contributed by atoms with Crippen molar-refractivity contribution in [2.45, 2.75) is 12.7 Å². The van der Waals surface area contributed by atoms with E-state index in [9.17, 15) is 18.0 Å². The van der Waals surface area contributed by atoms with Crippen molar-refractivity contribution in [1.82, 2.24) is 15.2 Å². The van der Waals surface area contributed by atoms with Crippen molar-refractivity contribution in [3.05, 3.63) is 59.2 Å². The second-order valence-corrected chi connectivity index (χ2v) is 8.49. The Morgan fingerprint density at radius 1 is 1.16 bits per heavy atom. The van der Waals surface area contributed by atoms with Crippen LogP contribution in [0.5, 0.6) is 0 Å². The summed E-state index contributed by atoms with van der Waals surface area (Å²) in [7, 11) is 0. The number of morpholine rings is 1. The number of anilines is 1. The first kappa shape index (κ1) is 22.5. The van der Waals surface area contributed by atoms with E-state index in [1.807, 2.05) is 0 Å². The number of halogens is 3. The van der Waals surface area contributed by atoms with Crippen LogP contribution in [-0.4, -0.2) is 55.2 Å². The number of aromatic nitrogens is 1. The molecule has 32 heavy (non-hydrogen) atoms. The topological polar surface area (TPSA) is 66.5 Å². The second kappa shape index (κ2) is 9.85. The molecule has 6 nitrogen and oxygen atoms in total. The van der Waals surface area contributed by atoms with Crippen molar-refractivity contribution in [2.24, 2.45) is 0 Å². The lowest BCUT2D eigenvalue weighted by Gasteiger charge is -2.26. The summed E-state index contributed by atoms with van der Waals surface area (Å²) in [6.45, 7) is 5.07. The Morgan fingerprint density at radius 3 is 2.75 bits per heavy atom. The number of carbonyl (C=O) groups is 1. The molecule has 4 rings (SSSR count). The van der Waals surface area contributed by atoms with Crippen molar-refractivity contribution >= 4 is 32.6 Å². The number of hydrogen-bond donors (Lipinski definition) is 2. The van der Waals surface area contributed by atoms with E-state index in [1.165, 1.54) is 17.4 Å². The number of alkyl halides is 3. The molecule has 1 amide bonds. The van der Waals surface area contributed by atoms with Gasteiger partial charge in [0, 0.05) is 38.3 Å². The summed E-state index contributed by atoms with van der Waals surface area (Å²) in [5.41, 5.74) is 0.883. The third-order valence-corrected chi connectivity index (χ3v) is 6.14. The lowest BCUT2D eigenvalue weighted by molar-refractivity contribution is -0.137. The molecule has 0 atom stereocenters. The number of amides is 1. The molecule has 3 aromatic rings. The molecule has 2 N–H and O–H groups in total. The lowest BCUT2D eigenvalue weighted by Crippen LogP contribution is -2.38. The third kappa shape index (κ3) is 5.76. The minimum absolute atomic E-state index is 0.0117. The highest BCUT2D eigenvalue weighted by atomic mass is 32.1. The Labute approximate surface area is 187 Å². The van der Waals surface area contributed by atoms with E-state index in [4.69, 9.17) is 4.74 Å². The molecule has 0 radical (unpaired) electrons. The fourth-order valence-electron chi connectivity index (χ4n) is 3.43. The number of carbonyl (C=O) groups excluding carboxylic acids is 1. The maximum absolute atomic E-state index is 12.8. The molecule has 1 saturated heterocycles. The Kier molecular flexibility index (Phi) is 6.92. The Balaban J connectivity index is 1.34. The molecule has 0 saturated carbocycles. The molecule has 0 aliphatic carbocycles. The quantitative estimate of drug-likeness (QED) is 0.554. The van der Waals surface area contributed by atoms with Gasteiger partial charge in [0.05, 0.1) is 29.0 Å². The van der Waals surface area contributed by atoms with Crippen LogP contribution in [0.4, 0.5) is 18.3 Å². The van der Waals surface area contributed by atoms with E-state index >= 15 is 0 Å². The van der Waals surface area contributed by atoms with Crippen molar-refractivity contribution in [1.29, 1.82) is 0 Å². The number of fused-ring (bicyclic) bond motifs is 1. The van der Waals surface area contributed by atoms with E-state index in [0.29, 0.717) is 11.1 Å². The first-order valence-corrected chi connectivity index (χ1v) is 11.1. The van der Waals surface area contributed by atoms with Gasteiger partial charge in [0.1, 0.15) is 0 Å². The zero-order chi connectivity index (χ0) is 22.6. The maximum Gasteiger partial charge on any atom is 0.416 e. The maximum atomic E-state index is 12.8. The van der Waals surface area contributed by atoms with Gasteiger partial charge in [-0.3, -0.25) is 9.69 Å². The highest BCUT2D eigenvalue weighted by molar-refractivity contribution is 7.22. The summed E-state index contributed by atoms with van der Waals surface area (Å²) < 4.78 is 44.8. The van der Waals surface area contributed by atoms with Crippen LogP contribution in [-0.2, 0) is 17.5 Å². The van der Waals surface area contributed by atoms with Gasteiger partial charge in [0.2, 0.25) is 0 Å². The molecule has 0 unspecified atom stereocenters.